The van der Waals surface area contributed by atoms with Gasteiger partial charge in [0, 0.05) is 10.8 Å². The molecular formula is C12H21N7. The highest BCUT2D eigenvalue weighted by Gasteiger charge is 2.54. The number of hydrogen-bond acceptors (Lipinski definition) is 7. The first-order chi connectivity index (χ1) is 8.62. The van der Waals surface area contributed by atoms with Crippen molar-refractivity contribution in [2.45, 2.75) is 52.9 Å². The monoisotopic (exact) mass is 263 g/mol. The van der Waals surface area contributed by atoms with E-state index < -0.39 is 11.3 Å². The highest BCUT2D eigenvalue weighted by molar-refractivity contribution is 5.77. The quantitative estimate of drug-likeness (QED) is 0.815. The van der Waals surface area contributed by atoms with Gasteiger partial charge in [0.15, 0.2) is 11.3 Å². The first-order valence-electron chi connectivity index (χ1n) is 6.34. The lowest BCUT2D eigenvalue weighted by Gasteiger charge is -2.45. The van der Waals surface area contributed by atoms with Crippen molar-refractivity contribution in [3.05, 3.63) is 0 Å². The van der Waals surface area contributed by atoms with E-state index in [1.165, 1.54) is 0 Å². The topological polar surface area (TPSA) is 86.2 Å². The first-order valence-corrected chi connectivity index (χ1v) is 6.34. The largest absolute Gasteiger partial charge is 0.255 e. The molecule has 0 saturated carbocycles. The lowest BCUT2D eigenvalue weighted by molar-refractivity contribution is 0.123. The van der Waals surface area contributed by atoms with Gasteiger partial charge in [0.1, 0.15) is 0 Å². The molecule has 0 fully saturated rings. The number of nitrogens with zero attached hydrogens (tertiary/aromatic N) is 6. The second-order valence-corrected chi connectivity index (χ2v) is 7.03. The molecule has 104 valence electrons. The molecular weight excluding hydrogens is 242 g/mol. The highest BCUT2D eigenvalue weighted by atomic mass is 15.5. The zero-order valence-electron chi connectivity index (χ0n) is 12.3. The highest BCUT2D eigenvalue weighted by Crippen LogP contribution is 2.40. The van der Waals surface area contributed by atoms with Gasteiger partial charge in [-0.3, -0.25) is 5.32 Å². The molecule has 0 saturated heterocycles. The van der Waals surface area contributed by atoms with Crippen LogP contribution < -0.4 is 5.32 Å². The Balaban J connectivity index is 2.43. The van der Waals surface area contributed by atoms with Crippen LogP contribution in [-0.2, 0) is 0 Å². The number of nitrogens with one attached hydrogen (secondary N) is 1. The van der Waals surface area contributed by atoms with Crippen LogP contribution in [0.15, 0.2) is 30.9 Å². The van der Waals surface area contributed by atoms with E-state index in [9.17, 15) is 0 Å². The number of rotatable bonds is 2. The van der Waals surface area contributed by atoms with Gasteiger partial charge >= 0.3 is 0 Å². The van der Waals surface area contributed by atoms with Gasteiger partial charge in [-0.1, -0.05) is 41.5 Å². The fourth-order valence-electron chi connectivity index (χ4n) is 1.93. The van der Waals surface area contributed by atoms with E-state index in [-0.39, 0.29) is 10.8 Å². The van der Waals surface area contributed by atoms with Crippen LogP contribution in [0.1, 0.15) is 41.5 Å². The predicted molar refractivity (Wildman–Crippen MR) is 74.2 cm³/mol. The molecule has 7 nitrogen and oxygen atoms in total. The Kier molecular flexibility index (Phi) is 2.93. The minimum atomic E-state index is -0.713. The summed E-state index contributed by atoms with van der Waals surface area (Å²) in [6, 6.07) is 0. The van der Waals surface area contributed by atoms with Gasteiger partial charge in [-0.2, -0.15) is 0 Å². The van der Waals surface area contributed by atoms with Crippen LogP contribution in [0.5, 0.6) is 0 Å². The molecule has 1 N–H and O–H groups in total. The minimum absolute atomic E-state index is 0.208. The van der Waals surface area contributed by atoms with E-state index in [1.807, 2.05) is 0 Å². The molecule has 2 aliphatic heterocycles. The third-order valence-corrected chi connectivity index (χ3v) is 3.67. The van der Waals surface area contributed by atoms with E-state index in [2.05, 4.69) is 77.7 Å². The molecule has 0 aromatic heterocycles. The van der Waals surface area contributed by atoms with Crippen molar-refractivity contribution in [1.82, 2.24) is 5.32 Å². The Hall–Kier alpha value is -1.50. The molecule has 0 aromatic rings. The average molecular weight is 263 g/mol. The molecule has 0 aliphatic carbocycles. The first kappa shape index (κ1) is 13.9. The van der Waals surface area contributed by atoms with Crippen molar-refractivity contribution in [2.24, 2.45) is 41.7 Å². The fraction of sp³-hybridized carbons (Fsp3) is 0.833. The molecule has 0 radical (unpaired) electrons. The van der Waals surface area contributed by atoms with Crippen molar-refractivity contribution in [2.75, 3.05) is 0 Å². The second kappa shape index (κ2) is 4.00. The van der Waals surface area contributed by atoms with E-state index >= 15 is 0 Å². The Morgan fingerprint density at radius 2 is 1.11 bits per heavy atom. The molecule has 0 bridgehead atoms. The minimum Gasteiger partial charge on any atom is -0.255 e. The SMILES string of the molecule is CC(C)(C)C1(NC2(C(C)(C)C)C=NN=N2)C=NN=N1. The Morgan fingerprint density at radius 3 is 1.32 bits per heavy atom. The van der Waals surface area contributed by atoms with Crippen molar-refractivity contribution in [3.8, 4) is 0 Å². The summed E-state index contributed by atoms with van der Waals surface area (Å²) in [6.45, 7) is 12.5. The van der Waals surface area contributed by atoms with Crippen molar-refractivity contribution in [1.29, 1.82) is 0 Å². The summed E-state index contributed by atoms with van der Waals surface area (Å²) in [4.78, 5) is 0. The van der Waals surface area contributed by atoms with Gasteiger partial charge in [0.2, 0.25) is 0 Å². The van der Waals surface area contributed by atoms with Gasteiger partial charge < -0.3 is 0 Å². The summed E-state index contributed by atoms with van der Waals surface area (Å²) < 4.78 is 0. The normalized spacial score (nSPS) is 33.6. The van der Waals surface area contributed by atoms with Crippen LogP contribution in [0.3, 0.4) is 0 Å². The molecule has 0 spiro atoms. The van der Waals surface area contributed by atoms with Gasteiger partial charge in [-0.05, 0) is 10.4 Å². The van der Waals surface area contributed by atoms with Gasteiger partial charge in [0.25, 0.3) is 0 Å². The van der Waals surface area contributed by atoms with Crippen LogP contribution in [0.4, 0.5) is 0 Å². The molecule has 0 amide bonds. The van der Waals surface area contributed by atoms with Crippen LogP contribution in [0.25, 0.3) is 0 Å². The maximum absolute atomic E-state index is 4.29. The predicted octanol–water partition coefficient (Wildman–Crippen LogP) is 2.96. The lowest BCUT2D eigenvalue weighted by Crippen LogP contribution is -2.66. The van der Waals surface area contributed by atoms with E-state index in [4.69, 9.17) is 0 Å². The summed E-state index contributed by atoms with van der Waals surface area (Å²) in [7, 11) is 0. The third-order valence-electron chi connectivity index (χ3n) is 3.67. The Bertz CT molecular complexity index is 405. The average Bonchev–Trinajstić information content (AvgIpc) is 2.86. The van der Waals surface area contributed by atoms with E-state index in [0.717, 1.165) is 0 Å². The summed E-state index contributed by atoms with van der Waals surface area (Å²) in [5, 5.41) is 27.4. The van der Waals surface area contributed by atoms with E-state index in [0.29, 0.717) is 0 Å². The maximum atomic E-state index is 4.29. The van der Waals surface area contributed by atoms with Crippen LogP contribution >= 0.6 is 0 Å². The molecule has 19 heavy (non-hydrogen) atoms. The standard InChI is InChI=1S/C12H21N7/c1-9(2,3)11(7-13-18-16-11)15-12(10(4,5)6)8-14-19-17-12/h7-8,15H,1-6H3. The molecule has 2 heterocycles. The Morgan fingerprint density at radius 1 is 0.737 bits per heavy atom. The summed E-state index contributed by atoms with van der Waals surface area (Å²) >= 11 is 0. The molecule has 0 aromatic carbocycles. The van der Waals surface area contributed by atoms with Crippen LogP contribution in [0.2, 0.25) is 0 Å². The van der Waals surface area contributed by atoms with Crippen LogP contribution in [-0.4, -0.2) is 23.8 Å². The van der Waals surface area contributed by atoms with Gasteiger partial charge in [-0.15, -0.1) is 20.4 Å². The van der Waals surface area contributed by atoms with Gasteiger partial charge in [0.05, 0.1) is 12.4 Å². The van der Waals surface area contributed by atoms with Crippen LogP contribution in [0, 0.1) is 10.8 Å². The van der Waals surface area contributed by atoms with E-state index in [1.54, 1.807) is 12.4 Å². The van der Waals surface area contributed by atoms with Crippen molar-refractivity contribution >= 4 is 12.4 Å². The summed E-state index contributed by atoms with van der Waals surface area (Å²) in [5.41, 5.74) is -1.84. The summed E-state index contributed by atoms with van der Waals surface area (Å²) in [6.07, 6.45) is 3.45. The fourth-order valence-corrected chi connectivity index (χ4v) is 1.93. The molecule has 2 atom stereocenters. The molecule has 7 heteroatoms. The Labute approximate surface area is 113 Å². The molecule has 2 rings (SSSR count). The van der Waals surface area contributed by atoms with Gasteiger partial charge in [-0.25, -0.2) is 0 Å². The lowest BCUT2D eigenvalue weighted by atomic mass is 9.76. The maximum Gasteiger partial charge on any atom is 0.178 e. The zero-order valence-corrected chi connectivity index (χ0v) is 12.3. The third kappa shape index (κ3) is 2.11. The van der Waals surface area contributed by atoms with Crippen molar-refractivity contribution in [3.63, 3.8) is 0 Å². The smallest absolute Gasteiger partial charge is 0.178 e. The second-order valence-electron chi connectivity index (χ2n) is 7.03. The number of hydrogen-bond donors (Lipinski definition) is 1. The summed E-state index contributed by atoms with van der Waals surface area (Å²) in [5.74, 6) is 0. The molecule has 2 aliphatic rings. The zero-order chi connectivity index (χ0) is 14.4. The molecule has 2 unspecified atom stereocenters. The van der Waals surface area contributed by atoms with Crippen molar-refractivity contribution < 1.29 is 0 Å².